The molecule has 1 fully saturated rings. The van der Waals surface area contributed by atoms with Crippen molar-refractivity contribution in [3.63, 3.8) is 0 Å². The highest BCUT2D eigenvalue weighted by molar-refractivity contribution is 7.79. The van der Waals surface area contributed by atoms with Crippen molar-refractivity contribution in [3.05, 3.63) is 117 Å². The monoisotopic (exact) mass is 666 g/mol. The van der Waals surface area contributed by atoms with Gasteiger partial charge in [-0.1, -0.05) is 46.4 Å². The quantitative estimate of drug-likeness (QED) is 0.178. The van der Waals surface area contributed by atoms with Crippen molar-refractivity contribution in [1.29, 1.82) is 0 Å². The third kappa shape index (κ3) is 6.82. The molecule has 4 aromatic carbocycles. The number of rotatable bonds is 8. The van der Waals surface area contributed by atoms with E-state index in [1.807, 2.05) is 13.8 Å². The standard InChI is InChI=1S/C31H28Cl4O4P2/c1-31(2)38-29(19-40(36,25-11-3-21(32)4-12-25)26-13-5-22(33)6-14-26)30(39-31)20-41(37,27-15-7-23(34)8-16-27)28-17-9-24(35)10-18-28/h3-18,29-30H,19-20H2,1-2H3/t29-,30-/m0/s1. The zero-order chi connectivity index (χ0) is 29.4. The van der Waals surface area contributed by atoms with E-state index < -0.39 is 32.3 Å². The van der Waals surface area contributed by atoms with Crippen molar-refractivity contribution < 1.29 is 18.6 Å². The van der Waals surface area contributed by atoms with E-state index in [4.69, 9.17) is 55.9 Å². The molecule has 1 aliphatic heterocycles. The van der Waals surface area contributed by atoms with Crippen LogP contribution in [0, 0.1) is 0 Å². The minimum Gasteiger partial charge on any atom is -0.344 e. The predicted octanol–water partition coefficient (Wildman–Crippen LogP) is 8.15. The maximum atomic E-state index is 15.0. The molecule has 0 aromatic heterocycles. The van der Waals surface area contributed by atoms with Gasteiger partial charge in [0.2, 0.25) is 0 Å². The van der Waals surface area contributed by atoms with Gasteiger partial charge in [-0.3, -0.25) is 0 Å². The van der Waals surface area contributed by atoms with Gasteiger partial charge in [-0.15, -0.1) is 0 Å². The van der Waals surface area contributed by atoms with E-state index in [0.717, 1.165) is 0 Å². The van der Waals surface area contributed by atoms with E-state index in [-0.39, 0.29) is 12.3 Å². The molecule has 4 aromatic rings. The Morgan fingerprint density at radius 3 is 0.951 bits per heavy atom. The first-order valence-electron chi connectivity index (χ1n) is 13.0. The van der Waals surface area contributed by atoms with Crippen LogP contribution in [0.15, 0.2) is 97.1 Å². The lowest BCUT2D eigenvalue weighted by Gasteiger charge is -2.28. The summed E-state index contributed by atoms with van der Waals surface area (Å²) in [6.07, 6.45) is -0.998. The van der Waals surface area contributed by atoms with E-state index in [1.54, 1.807) is 97.1 Å². The Kier molecular flexibility index (Phi) is 9.18. The molecule has 1 heterocycles. The fraction of sp³-hybridized carbons (Fsp3) is 0.226. The molecule has 1 saturated heterocycles. The summed E-state index contributed by atoms with van der Waals surface area (Å²) in [4.78, 5) is 0. The topological polar surface area (TPSA) is 52.6 Å². The summed E-state index contributed by atoms with van der Waals surface area (Å²) in [6.45, 7) is 3.62. The molecular weight excluding hydrogens is 640 g/mol. The van der Waals surface area contributed by atoms with Crippen molar-refractivity contribution in [2.75, 3.05) is 12.3 Å². The zero-order valence-corrected chi connectivity index (χ0v) is 27.2. The van der Waals surface area contributed by atoms with Crippen LogP contribution in [0.2, 0.25) is 20.1 Å². The van der Waals surface area contributed by atoms with Gasteiger partial charge in [0.25, 0.3) is 0 Å². The maximum Gasteiger partial charge on any atom is 0.163 e. The Labute approximate surface area is 260 Å². The minimum atomic E-state index is -3.28. The van der Waals surface area contributed by atoms with Crippen molar-refractivity contribution in [2.24, 2.45) is 0 Å². The molecule has 0 saturated carbocycles. The van der Waals surface area contributed by atoms with Crippen LogP contribution in [0.5, 0.6) is 0 Å². The first-order chi connectivity index (χ1) is 19.4. The Morgan fingerprint density at radius 1 is 0.512 bits per heavy atom. The van der Waals surface area contributed by atoms with Gasteiger partial charge in [-0.2, -0.15) is 0 Å². The van der Waals surface area contributed by atoms with Gasteiger partial charge < -0.3 is 18.6 Å². The van der Waals surface area contributed by atoms with E-state index in [0.29, 0.717) is 41.3 Å². The van der Waals surface area contributed by atoms with Gasteiger partial charge in [0, 0.05) is 53.6 Å². The molecule has 0 unspecified atom stereocenters. The molecule has 0 amide bonds. The van der Waals surface area contributed by atoms with Gasteiger partial charge in [0.05, 0.1) is 12.2 Å². The molecule has 214 valence electrons. The number of halogens is 4. The second-order valence-corrected chi connectivity index (χ2v) is 18.0. The van der Waals surface area contributed by atoms with Crippen LogP contribution >= 0.6 is 60.7 Å². The van der Waals surface area contributed by atoms with Crippen LogP contribution in [-0.2, 0) is 18.6 Å². The predicted molar refractivity (Wildman–Crippen MR) is 173 cm³/mol. The summed E-state index contributed by atoms with van der Waals surface area (Å²) >= 11 is 24.7. The van der Waals surface area contributed by atoms with Crippen molar-refractivity contribution in [1.82, 2.24) is 0 Å². The molecule has 5 rings (SSSR count). The smallest absolute Gasteiger partial charge is 0.163 e. The second-order valence-electron chi connectivity index (χ2n) is 10.5. The Morgan fingerprint density at radius 2 is 0.732 bits per heavy atom. The Balaban J connectivity index is 1.57. The lowest BCUT2D eigenvalue weighted by Crippen LogP contribution is -2.36. The van der Waals surface area contributed by atoms with E-state index in [2.05, 4.69) is 0 Å². The highest BCUT2D eigenvalue weighted by Gasteiger charge is 2.48. The summed E-state index contributed by atoms with van der Waals surface area (Å²) < 4.78 is 42.8. The summed E-state index contributed by atoms with van der Waals surface area (Å²) in [7, 11) is -6.55. The van der Waals surface area contributed by atoms with Gasteiger partial charge in [-0.25, -0.2) is 0 Å². The first-order valence-corrected chi connectivity index (χ1v) is 18.3. The van der Waals surface area contributed by atoms with Crippen LogP contribution in [0.3, 0.4) is 0 Å². The fourth-order valence-corrected chi connectivity index (χ4v) is 11.3. The van der Waals surface area contributed by atoms with Crippen LogP contribution < -0.4 is 21.2 Å². The van der Waals surface area contributed by atoms with E-state index in [1.165, 1.54) is 0 Å². The molecule has 1 aliphatic rings. The largest absolute Gasteiger partial charge is 0.344 e. The van der Waals surface area contributed by atoms with Crippen molar-refractivity contribution in [3.8, 4) is 0 Å². The van der Waals surface area contributed by atoms with Crippen LogP contribution in [-0.4, -0.2) is 30.3 Å². The maximum absolute atomic E-state index is 15.0. The number of hydrogen-bond donors (Lipinski definition) is 0. The third-order valence-corrected chi connectivity index (χ3v) is 14.4. The lowest BCUT2D eigenvalue weighted by atomic mass is 10.3. The van der Waals surface area contributed by atoms with Gasteiger partial charge in [0.15, 0.2) is 5.79 Å². The zero-order valence-electron chi connectivity index (χ0n) is 22.3. The molecule has 10 heteroatoms. The normalized spacial score (nSPS) is 18.9. The second kappa shape index (κ2) is 12.2. The summed E-state index contributed by atoms with van der Waals surface area (Å²) in [5.74, 6) is -0.981. The van der Waals surface area contributed by atoms with E-state index in [9.17, 15) is 0 Å². The molecule has 0 bridgehead atoms. The highest BCUT2D eigenvalue weighted by Crippen LogP contribution is 2.51. The lowest BCUT2D eigenvalue weighted by molar-refractivity contribution is -0.142. The molecule has 0 N–H and O–H groups in total. The van der Waals surface area contributed by atoms with Crippen molar-refractivity contribution >= 4 is 81.9 Å². The fourth-order valence-electron chi connectivity index (χ4n) is 5.17. The molecule has 2 atom stereocenters. The number of ether oxygens (including phenoxy) is 2. The third-order valence-electron chi connectivity index (χ3n) is 7.13. The summed E-state index contributed by atoms with van der Waals surface area (Å²) in [5.41, 5.74) is 0. The summed E-state index contributed by atoms with van der Waals surface area (Å²) in [5, 5.41) is 4.71. The number of benzene rings is 4. The Hall–Kier alpha value is -1.58. The molecule has 0 spiro atoms. The molecular formula is C31H28Cl4O4P2. The van der Waals surface area contributed by atoms with Crippen molar-refractivity contribution in [2.45, 2.75) is 31.8 Å². The first kappa shape index (κ1) is 30.9. The SMILES string of the molecule is CC1(C)O[C@@H](CP(=O)(c2ccc(Cl)cc2)c2ccc(Cl)cc2)[C@H](CP(=O)(c2ccc(Cl)cc2)c2ccc(Cl)cc2)O1. The van der Waals surface area contributed by atoms with Gasteiger partial charge in [0.1, 0.15) is 14.3 Å². The average Bonchev–Trinajstić information content (AvgIpc) is 3.21. The van der Waals surface area contributed by atoms with Crippen LogP contribution in [0.1, 0.15) is 13.8 Å². The average molecular weight is 668 g/mol. The minimum absolute atomic E-state index is 0.131. The molecule has 4 nitrogen and oxygen atoms in total. The number of hydrogen-bond acceptors (Lipinski definition) is 4. The van der Waals surface area contributed by atoms with Gasteiger partial charge >= 0.3 is 0 Å². The molecule has 0 aliphatic carbocycles. The summed E-state index contributed by atoms with van der Waals surface area (Å²) in [6, 6.07) is 28.0. The highest BCUT2D eigenvalue weighted by atomic mass is 35.5. The Bertz CT molecular complexity index is 1390. The van der Waals surface area contributed by atoms with E-state index >= 15 is 9.13 Å². The molecule has 41 heavy (non-hydrogen) atoms. The van der Waals surface area contributed by atoms with Crippen LogP contribution in [0.25, 0.3) is 0 Å². The van der Waals surface area contributed by atoms with Crippen LogP contribution in [0.4, 0.5) is 0 Å². The molecule has 0 radical (unpaired) electrons. The van der Waals surface area contributed by atoms with Gasteiger partial charge in [-0.05, 0) is 111 Å².